The minimum Gasteiger partial charge on any atom is -0.340 e. The van der Waals surface area contributed by atoms with Gasteiger partial charge in [-0.05, 0) is 37.8 Å². The van der Waals surface area contributed by atoms with Crippen molar-refractivity contribution in [3.8, 4) is 0 Å². The fraction of sp³-hybridized carbons (Fsp3) is 0.455. The van der Waals surface area contributed by atoms with Crippen molar-refractivity contribution in [2.75, 3.05) is 0 Å². The second kappa shape index (κ2) is 8.44. The Labute approximate surface area is 161 Å². The van der Waals surface area contributed by atoms with Crippen molar-refractivity contribution in [3.05, 3.63) is 48.0 Å². The first-order valence-corrected chi connectivity index (χ1v) is 11.4. The molecule has 0 amide bonds. The molecule has 0 bridgehead atoms. The Hall–Kier alpha value is -1.85. The molecule has 2 aromatic carbocycles. The minimum atomic E-state index is -4.01. The van der Waals surface area contributed by atoms with Crippen LogP contribution in [-0.2, 0) is 23.1 Å². The number of aryl methyl sites for hydroxylation is 2. The third kappa shape index (κ3) is 4.36. The van der Waals surface area contributed by atoms with Crippen molar-refractivity contribution in [3.63, 3.8) is 0 Å². The van der Waals surface area contributed by atoms with Crippen LogP contribution in [0.3, 0.4) is 0 Å². The summed E-state index contributed by atoms with van der Waals surface area (Å²) in [5.41, 5.74) is 3.65. The summed E-state index contributed by atoms with van der Waals surface area (Å²) in [6.07, 6.45) is 6.28. The Morgan fingerprint density at radius 1 is 1.00 bits per heavy atom. The molecule has 0 fully saturated rings. The molecule has 1 heterocycles. The fourth-order valence-electron chi connectivity index (χ4n) is 3.82. The van der Waals surface area contributed by atoms with Gasteiger partial charge in [0.25, 0.3) is 10.1 Å². The Kier molecular flexibility index (Phi) is 6.22. The number of hydrogen-bond acceptors (Lipinski definition) is 2. The molecule has 3 rings (SSSR count). The van der Waals surface area contributed by atoms with E-state index in [9.17, 15) is 13.0 Å². The summed E-state index contributed by atoms with van der Waals surface area (Å²) in [6.45, 7) is 4.35. The maximum Gasteiger partial charge on any atom is 0.267 e. The van der Waals surface area contributed by atoms with Gasteiger partial charge in [0, 0.05) is 22.8 Å². The van der Waals surface area contributed by atoms with Crippen LogP contribution in [0.2, 0.25) is 0 Å². The molecular formula is C22H29NO3S. The van der Waals surface area contributed by atoms with Gasteiger partial charge in [0.2, 0.25) is 0 Å². The molecule has 5 heteroatoms. The molecule has 0 saturated carbocycles. The van der Waals surface area contributed by atoms with Crippen LogP contribution in [0.15, 0.2) is 42.5 Å². The zero-order valence-electron chi connectivity index (χ0n) is 16.2. The Bertz CT molecular complexity index is 1020. The highest BCUT2D eigenvalue weighted by molar-refractivity contribution is 7.86. The van der Waals surface area contributed by atoms with Crippen molar-refractivity contribution >= 4 is 31.9 Å². The maximum atomic E-state index is 11.4. The van der Waals surface area contributed by atoms with E-state index in [0.29, 0.717) is 13.0 Å². The summed E-state index contributed by atoms with van der Waals surface area (Å²) in [4.78, 5) is 0. The largest absolute Gasteiger partial charge is 0.340 e. The molecule has 4 nitrogen and oxygen atoms in total. The van der Waals surface area contributed by atoms with Crippen LogP contribution in [0.25, 0.3) is 21.8 Å². The van der Waals surface area contributed by atoms with Crippen LogP contribution in [0.1, 0.15) is 51.5 Å². The summed E-state index contributed by atoms with van der Waals surface area (Å²) in [7, 11) is -4.01. The average molecular weight is 388 g/mol. The molecule has 0 aliphatic heterocycles. The highest BCUT2D eigenvalue weighted by Crippen LogP contribution is 2.32. The Morgan fingerprint density at radius 2 is 1.74 bits per heavy atom. The predicted molar refractivity (Wildman–Crippen MR) is 113 cm³/mol. The lowest BCUT2D eigenvalue weighted by Crippen LogP contribution is -2.18. The number of fused-ring (bicyclic) bond motifs is 3. The van der Waals surface area contributed by atoms with Gasteiger partial charge in [-0.1, -0.05) is 62.6 Å². The first-order valence-electron chi connectivity index (χ1n) is 9.88. The lowest BCUT2D eigenvalue weighted by atomic mass is 10.0. The third-order valence-corrected chi connectivity index (χ3v) is 6.69. The number of hydrogen-bond donors (Lipinski definition) is 1. The number of benzene rings is 2. The van der Waals surface area contributed by atoms with Crippen LogP contribution in [0.4, 0.5) is 0 Å². The van der Waals surface area contributed by atoms with Gasteiger partial charge in [0.05, 0.1) is 10.8 Å². The molecule has 0 aliphatic rings. The van der Waals surface area contributed by atoms with Crippen LogP contribution >= 0.6 is 0 Å². The van der Waals surface area contributed by atoms with Gasteiger partial charge in [0.15, 0.2) is 0 Å². The topological polar surface area (TPSA) is 59.3 Å². The van der Waals surface area contributed by atoms with E-state index in [-0.39, 0.29) is 0 Å². The van der Waals surface area contributed by atoms with Crippen LogP contribution in [0.5, 0.6) is 0 Å². The monoisotopic (exact) mass is 387 g/mol. The van der Waals surface area contributed by atoms with Gasteiger partial charge in [-0.15, -0.1) is 0 Å². The van der Waals surface area contributed by atoms with Gasteiger partial charge in [-0.3, -0.25) is 4.55 Å². The lowest BCUT2D eigenvalue weighted by Gasteiger charge is -2.13. The average Bonchev–Trinajstić information content (AvgIpc) is 2.97. The molecule has 3 aromatic rings. The van der Waals surface area contributed by atoms with Gasteiger partial charge in [0.1, 0.15) is 0 Å². The van der Waals surface area contributed by atoms with E-state index < -0.39 is 15.4 Å². The van der Waals surface area contributed by atoms with Crippen LogP contribution in [-0.4, -0.2) is 22.8 Å². The van der Waals surface area contributed by atoms with Crippen molar-refractivity contribution in [1.29, 1.82) is 0 Å². The fourth-order valence-corrected chi connectivity index (χ4v) is 4.22. The Balaban J connectivity index is 2.02. The molecule has 0 spiro atoms. The number of para-hydroxylation sites is 2. The summed E-state index contributed by atoms with van der Waals surface area (Å²) < 4.78 is 34.4. The van der Waals surface area contributed by atoms with Gasteiger partial charge in [-0.2, -0.15) is 8.42 Å². The molecule has 0 radical (unpaired) electrons. The van der Waals surface area contributed by atoms with E-state index in [2.05, 4.69) is 41.8 Å². The molecule has 1 N–H and O–H groups in total. The van der Waals surface area contributed by atoms with E-state index >= 15 is 0 Å². The number of rotatable bonds is 9. The summed E-state index contributed by atoms with van der Waals surface area (Å²) in [5, 5.41) is 1.64. The lowest BCUT2D eigenvalue weighted by molar-refractivity contribution is 0.462. The van der Waals surface area contributed by atoms with E-state index in [1.54, 1.807) is 6.92 Å². The number of unbranched alkanes of at least 4 members (excludes halogenated alkanes) is 3. The molecule has 1 atom stereocenters. The zero-order chi connectivity index (χ0) is 19.4. The van der Waals surface area contributed by atoms with Crippen molar-refractivity contribution in [2.24, 2.45) is 0 Å². The summed E-state index contributed by atoms with van der Waals surface area (Å²) >= 11 is 0. The standard InChI is InChI=1S/C22H29NO3S/c1-3-4-5-6-10-18-11-9-13-20-19-12-7-8-14-21(19)23(22(18)20)16-15-17(2)27(24,25)26/h7-9,11-14,17H,3-6,10,15-16H2,1-2H3,(H,24,25,26). The minimum absolute atomic E-state index is 0.386. The second-order valence-corrected chi connectivity index (χ2v) is 9.24. The SMILES string of the molecule is CCCCCCc1cccc2c3ccccc3n(CCC(C)S(=O)(=O)O)c12. The maximum absolute atomic E-state index is 11.4. The molecule has 0 saturated heterocycles. The van der Waals surface area contributed by atoms with E-state index in [0.717, 1.165) is 18.4 Å². The predicted octanol–water partition coefficient (Wildman–Crippen LogP) is 5.58. The summed E-state index contributed by atoms with van der Waals surface area (Å²) in [6, 6.07) is 14.7. The zero-order valence-corrected chi connectivity index (χ0v) is 17.0. The number of nitrogens with zero attached hydrogens (tertiary/aromatic N) is 1. The summed E-state index contributed by atoms with van der Waals surface area (Å²) in [5.74, 6) is 0. The van der Waals surface area contributed by atoms with Crippen molar-refractivity contribution in [1.82, 2.24) is 4.57 Å². The highest BCUT2D eigenvalue weighted by atomic mass is 32.2. The molecule has 27 heavy (non-hydrogen) atoms. The second-order valence-electron chi connectivity index (χ2n) is 7.41. The quantitative estimate of drug-likeness (QED) is 0.385. The van der Waals surface area contributed by atoms with E-state index in [1.165, 1.54) is 41.1 Å². The molecule has 146 valence electrons. The first kappa shape index (κ1) is 19.9. The van der Waals surface area contributed by atoms with Gasteiger partial charge >= 0.3 is 0 Å². The highest BCUT2D eigenvalue weighted by Gasteiger charge is 2.19. The van der Waals surface area contributed by atoms with E-state index in [4.69, 9.17) is 0 Å². The Morgan fingerprint density at radius 3 is 2.48 bits per heavy atom. The van der Waals surface area contributed by atoms with Gasteiger partial charge in [-0.25, -0.2) is 0 Å². The van der Waals surface area contributed by atoms with E-state index in [1.807, 2.05) is 12.1 Å². The molecule has 0 aliphatic carbocycles. The first-order chi connectivity index (χ1) is 12.9. The molecule has 1 unspecified atom stereocenters. The molecule has 1 aromatic heterocycles. The van der Waals surface area contributed by atoms with Crippen molar-refractivity contribution in [2.45, 2.75) is 64.2 Å². The van der Waals surface area contributed by atoms with Crippen LogP contribution in [0, 0.1) is 0 Å². The molecular weight excluding hydrogens is 358 g/mol. The van der Waals surface area contributed by atoms with Gasteiger partial charge < -0.3 is 4.57 Å². The smallest absolute Gasteiger partial charge is 0.267 e. The van der Waals surface area contributed by atoms with Crippen LogP contribution < -0.4 is 0 Å². The third-order valence-electron chi connectivity index (χ3n) is 5.44. The number of aromatic nitrogens is 1. The normalized spacial score (nSPS) is 13.4. The van der Waals surface area contributed by atoms with Crippen molar-refractivity contribution < 1.29 is 13.0 Å².